The van der Waals surface area contributed by atoms with E-state index in [-0.39, 0.29) is 6.10 Å². The van der Waals surface area contributed by atoms with Crippen molar-refractivity contribution in [1.82, 2.24) is 0 Å². The highest BCUT2D eigenvalue weighted by Crippen LogP contribution is 2.03. The number of rotatable bonds is 2. The van der Waals surface area contributed by atoms with Crippen LogP contribution in [0.4, 0.5) is 0 Å². The van der Waals surface area contributed by atoms with Crippen LogP contribution in [0.25, 0.3) is 0 Å². The number of ether oxygens (including phenoxy) is 2. The van der Waals surface area contributed by atoms with Crippen LogP contribution in [-0.4, -0.2) is 37.3 Å². The first-order valence-corrected chi connectivity index (χ1v) is 4.45. The topological polar surface area (TPSA) is 43.2 Å². The molecule has 0 N–H and O–H groups in total. The first kappa shape index (κ1) is 10.3. The lowest BCUT2D eigenvalue weighted by Gasteiger charge is -2.21. The highest BCUT2D eigenvalue weighted by Gasteiger charge is 2.16. The monoisotopic (exact) mass is 184 g/mol. The van der Waals surface area contributed by atoms with E-state index in [1.54, 1.807) is 0 Å². The minimum Gasteiger partial charge on any atom is -0.376 e. The average molecular weight is 184 g/mol. The average Bonchev–Trinajstić information content (AvgIpc) is 2.15. The Hall–Kier alpha value is -0.740. The van der Waals surface area contributed by atoms with E-state index in [1.165, 1.54) is 0 Å². The third-order valence-corrected chi connectivity index (χ3v) is 1.69. The molecule has 0 amide bonds. The summed E-state index contributed by atoms with van der Waals surface area (Å²) in [7, 11) is 0. The van der Waals surface area contributed by atoms with Crippen molar-refractivity contribution in [2.45, 2.75) is 26.9 Å². The van der Waals surface area contributed by atoms with Gasteiger partial charge in [0.25, 0.3) is 0 Å². The van der Waals surface area contributed by atoms with Crippen molar-refractivity contribution < 1.29 is 9.47 Å². The van der Waals surface area contributed by atoms with Gasteiger partial charge in [0.1, 0.15) is 6.10 Å². The molecular formula is C9H16N2O2. The fourth-order valence-corrected chi connectivity index (χ4v) is 0.972. The highest BCUT2D eigenvalue weighted by molar-refractivity contribution is 5.87. The maximum atomic E-state index is 5.45. The zero-order chi connectivity index (χ0) is 9.68. The lowest BCUT2D eigenvalue weighted by atomic mass is 10.2. The van der Waals surface area contributed by atoms with Crippen molar-refractivity contribution in [3.8, 4) is 0 Å². The normalized spacial score (nSPS) is 24.2. The Morgan fingerprint density at radius 2 is 1.92 bits per heavy atom. The van der Waals surface area contributed by atoms with E-state index >= 15 is 0 Å². The maximum Gasteiger partial charge on any atom is 0.120 e. The Labute approximate surface area is 78.6 Å². The van der Waals surface area contributed by atoms with Crippen LogP contribution < -0.4 is 0 Å². The Kier molecular flexibility index (Phi) is 4.05. The molecule has 0 bridgehead atoms. The minimum atomic E-state index is -0.0168. The molecule has 0 saturated carbocycles. The van der Waals surface area contributed by atoms with E-state index in [0.29, 0.717) is 19.8 Å². The summed E-state index contributed by atoms with van der Waals surface area (Å²) < 4.78 is 10.7. The largest absolute Gasteiger partial charge is 0.376 e. The predicted molar refractivity (Wildman–Crippen MR) is 52.5 cm³/mol. The van der Waals surface area contributed by atoms with Crippen molar-refractivity contribution in [2.75, 3.05) is 19.8 Å². The molecule has 1 saturated heterocycles. The van der Waals surface area contributed by atoms with Gasteiger partial charge in [-0.1, -0.05) is 0 Å². The van der Waals surface area contributed by atoms with Gasteiger partial charge in [-0.15, -0.1) is 0 Å². The summed E-state index contributed by atoms with van der Waals surface area (Å²) >= 11 is 0. The Bertz CT molecular complexity index is 214. The van der Waals surface area contributed by atoms with Crippen molar-refractivity contribution in [1.29, 1.82) is 0 Å². The van der Waals surface area contributed by atoms with Gasteiger partial charge >= 0.3 is 0 Å². The summed E-state index contributed by atoms with van der Waals surface area (Å²) in [6, 6.07) is 0. The number of hydrogen-bond acceptors (Lipinski definition) is 4. The summed E-state index contributed by atoms with van der Waals surface area (Å²) in [6.45, 7) is 7.65. The molecule has 0 aromatic carbocycles. The molecule has 4 heteroatoms. The second kappa shape index (κ2) is 5.09. The van der Waals surface area contributed by atoms with Crippen LogP contribution in [0.3, 0.4) is 0 Å². The van der Waals surface area contributed by atoms with Crippen LogP contribution in [0.15, 0.2) is 10.2 Å². The quantitative estimate of drug-likeness (QED) is 0.479. The molecule has 1 aliphatic heterocycles. The van der Waals surface area contributed by atoms with Gasteiger partial charge in [0.15, 0.2) is 0 Å². The summed E-state index contributed by atoms with van der Waals surface area (Å²) in [4.78, 5) is 0. The molecule has 0 aliphatic carbocycles. The summed E-state index contributed by atoms with van der Waals surface area (Å²) in [6.07, 6.45) is -0.0168. The van der Waals surface area contributed by atoms with Crippen molar-refractivity contribution in [3.63, 3.8) is 0 Å². The first-order chi connectivity index (χ1) is 6.20. The van der Waals surface area contributed by atoms with Gasteiger partial charge in [-0.3, -0.25) is 0 Å². The van der Waals surface area contributed by atoms with Gasteiger partial charge < -0.3 is 9.47 Å². The molecule has 0 radical (unpaired) electrons. The third-order valence-electron chi connectivity index (χ3n) is 1.69. The third kappa shape index (κ3) is 3.65. The van der Waals surface area contributed by atoms with E-state index in [1.807, 2.05) is 20.8 Å². The molecule has 0 aromatic heterocycles. The van der Waals surface area contributed by atoms with Crippen LogP contribution in [-0.2, 0) is 9.47 Å². The van der Waals surface area contributed by atoms with E-state index in [4.69, 9.17) is 9.47 Å². The standard InChI is InChI=1S/C9H16N2O2/c1-7(2)10-11-8(3)9-6-12-4-5-13-9/h9H,4-6H2,1-3H3/b11-8+/t9-/m1/s1. The van der Waals surface area contributed by atoms with E-state index in [0.717, 1.165) is 11.4 Å². The smallest absolute Gasteiger partial charge is 0.120 e. The molecule has 1 aliphatic rings. The zero-order valence-electron chi connectivity index (χ0n) is 8.41. The van der Waals surface area contributed by atoms with Crippen molar-refractivity contribution in [2.24, 2.45) is 10.2 Å². The molecule has 4 nitrogen and oxygen atoms in total. The van der Waals surface area contributed by atoms with E-state index < -0.39 is 0 Å². The van der Waals surface area contributed by atoms with Crippen LogP contribution in [0.2, 0.25) is 0 Å². The molecule has 1 fully saturated rings. The van der Waals surface area contributed by atoms with Crippen molar-refractivity contribution >= 4 is 11.4 Å². The SMILES string of the molecule is CC(C)=N/N=C(\C)[C@H]1COCCO1. The second-order valence-electron chi connectivity index (χ2n) is 3.22. The van der Waals surface area contributed by atoms with Crippen LogP contribution >= 0.6 is 0 Å². The predicted octanol–water partition coefficient (Wildman–Crippen LogP) is 1.26. The Morgan fingerprint density at radius 3 is 2.46 bits per heavy atom. The van der Waals surface area contributed by atoms with Gasteiger partial charge in [0, 0.05) is 5.71 Å². The lowest BCUT2D eigenvalue weighted by Crippen LogP contribution is -2.34. The molecule has 74 valence electrons. The molecule has 0 aromatic rings. The molecule has 1 atom stereocenters. The van der Waals surface area contributed by atoms with Gasteiger partial charge in [-0.25, -0.2) is 0 Å². The maximum absolute atomic E-state index is 5.45. The number of hydrogen-bond donors (Lipinski definition) is 0. The Morgan fingerprint density at radius 1 is 1.15 bits per heavy atom. The van der Waals surface area contributed by atoms with Gasteiger partial charge in [0.05, 0.1) is 25.5 Å². The highest BCUT2D eigenvalue weighted by atomic mass is 16.6. The fraction of sp³-hybridized carbons (Fsp3) is 0.778. The van der Waals surface area contributed by atoms with Crippen LogP contribution in [0.5, 0.6) is 0 Å². The fourth-order valence-electron chi connectivity index (χ4n) is 0.972. The number of nitrogens with zero attached hydrogens (tertiary/aromatic N) is 2. The van der Waals surface area contributed by atoms with Crippen LogP contribution in [0, 0.1) is 0 Å². The summed E-state index contributed by atoms with van der Waals surface area (Å²) in [5.74, 6) is 0. The minimum absolute atomic E-state index is 0.0168. The van der Waals surface area contributed by atoms with Crippen molar-refractivity contribution in [3.05, 3.63) is 0 Å². The van der Waals surface area contributed by atoms with Gasteiger partial charge in [0.2, 0.25) is 0 Å². The molecule has 1 rings (SSSR count). The second-order valence-corrected chi connectivity index (χ2v) is 3.22. The lowest BCUT2D eigenvalue weighted by molar-refractivity contribution is -0.0596. The molecule has 0 spiro atoms. The molecule has 13 heavy (non-hydrogen) atoms. The van der Waals surface area contributed by atoms with E-state index in [2.05, 4.69) is 10.2 Å². The van der Waals surface area contributed by atoms with E-state index in [9.17, 15) is 0 Å². The summed E-state index contributed by atoms with van der Waals surface area (Å²) in [5, 5.41) is 8.02. The summed E-state index contributed by atoms with van der Waals surface area (Å²) in [5.41, 5.74) is 1.82. The van der Waals surface area contributed by atoms with Crippen LogP contribution in [0.1, 0.15) is 20.8 Å². The van der Waals surface area contributed by atoms with Gasteiger partial charge in [-0.05, 0) is 20.8 Å². The molecular weight excluding hydrogens is 168 g/mol. The van der Waals surface area contributed by atoms with Gasteiger partial charge in [-0.2, -0.15) is 10.2 Å². The Balaban J connectivity index is 2.49. The molecule has 0 unspecified atom stereocenters. The molecule has 1 heterocycles. The zero-order valence-corrected chi connectivity index (χ0v) is 8.41. The first-order valence-electron chi connectivity index (χ1n) is 4.45.